The third-order valence-electron chi connectivity index (χ3n) is 6.25. The van der Waals surface area contributed by atoms with Crippen molar-refractivity contribution in [2.45, 2.75) is 70.4 Å². The van der Waals surface area contributed by atoms with Gasteiger partial charge in [-0.05, 0) is 57.4 Å². The van der Waals surface area contributed by atoms with E-state index in [0.29, 0.717) is 17.8 Å². The second kappa shape index (κ2) is 6.69. The van der Waals surface area contributed by atoms with Gasteiger partial charge in [-0.15, -0.1) is 0 Å². The molecule has 4 atom stereocenters. The molecule has 1 saturated heterocycles. The average molecular weight is 306 g/mol. The van der Waals surface area contributed by atoms with E-state index in [9.17, 15) is 9.59 Å². The van der Waals surface area contributed by atoms with E-state index >= 15 is 0 Å². The van der Waals surface area contributed by atoms with E-state index in [1.165, 1.54) is 38.5 Å². The highest BCUT2D eigenvalue weighted by Gasteiger charge is 2.46. The van der Waals surface area contributed by atoms with Gasteiger partial charge in [-0.2, -0.15) is 0 Å². The maximum absolute atomic E-state index is 12.9. The van der Waals surface area contributed by atoms with Gasteiger partial charge < -0.3 is 5.32 Å². The Morgan fingerprint density at radius 1 is 1.05 bits per heavy atom. The van der Waals surface area contributed by atoms with Gasteiger partial charge >= 0.3 is 0 Å². The van der Waals surface area contributed by atoms with Gasteiger partial charge in [0.05, 0.1) is 12.1 Å². The van der Waals surface area contributed by atoms with Crippen molar-refractivity contribution in [2.24, 2.45) is 17.8 Å². The van der Waals surface area contributed by atoms with Gasteiger partial charge in [-0.25, -0.2) is 0 Å². The van der Waals surface area contributed by atoms with Crippen molar-refractivity contribution in [1.82, 2.24) is 10.2 Å². The van der Waals surface area contributed by atoms with Crippen molar-refractivity contribution in [3.63, 3.8) is 0 Å². The normalized spacial score (nSPS) is 34.4. The molecule has 0 spiro atoms. The minimum Gasteiger partial charge on any atom is -0.345 e. The Balaban J connectivity index is 1.66. The highest BCUT2D eigenvalue weighted by molar-refractivity contribution is 5.90. The molecule has 124 valence electrons. The molecule has 0 aromatic carbocycles. The molecule has 2 aliphatic carbocycles. The van der Waals surface area contributed by atoms with E-state index < -0.39 is 0 Å². The van der Waals surface area contributed by atoms with Gasteiger partial charge in [0.15, 0.2) is 5.78 Å². The number of ketones is 1. The largest absolute Gasteiger partial charge is 0.345 e. The number of hydrogen-bond donors (Lipinski definition) is 1. The molecule has 1 N–H and O–H groups in total. The lowest BCUT2D eigenvalue weighted by molar-refractivity contribution is -0.131. The summed E-state index contributed by atoms with van der Waals surface area (Å²) < 4.78 is 0. The molecule has 3 fully saturated rings. The topological polar surface area (TPSA) is 49.4 Å². The summed E-state index contributed by atoms with van der Waals surface area (Å²) in [6.07, 6.45) is 9.50. The molecule has 0 aromatic heterocycles. The Hall–Kier alpha value is -0.900. The summed E-state index contributed by atoms with van der Waals surface area (Å²) in [6.45, 7) is 2.67. The quantitative estimate of drug-likeness (QED) is 0.867. The molecule has 3 rings (SSSR count). The van der Waals surface area contributed by atoms with Crippen molar-refractivity contribution in [2.75, 3.05) is 13.6 Å². The van der Waals surface area contributed by atoms with Crippen LogP contribution in [0.1, 0.15) is 58.3 Å². The van der Waals surface area contributed by atoms with E-state index in [-0.39, 0.29) is 23.8 Å². The molecule has 22 heavy (non-hydrogen) atoms. The van der Waals surface area contributed by atoms with Crippen LogP contribution in [0.25, 0.3) is 0 Å². The number of Topliss-reactive ketones (excluding diaryl/α,β-unsaturated/α-hetero) is 1. The maximum Gasteiger partial charge on any atom is 0.238 e. The molecule has 3 aliphatic rings. The van der Waals surface area contributed by atoms with Crippen LogP contribution in [-0.2, 0) is 9.59 Å². The van der Waals surface area contributed by atoms with Crippen LogP contribution < -0.4 is 5.32 Å². The summed E-state index contributed by atoms with van der Waals surface area (Å²) in [5.74, 6) is 1.77. The number of likely N-dealkylation sites (tertiary alicyclic amines) is 1. The first-order valence-electron chi connectivity index (χ1n) is 9.09. The molecule has 1 heterocycles. The van der Waals surface area contributed by atoms with Crippen molar-refractivity contribution in [1.29, 1.82) is 0 Å². The monoisotopic (exact) mass is 306 g/mol. The number of nitrogens with one attached hydrogen (secondary N) is 1. The van der Waals surface area contributed by atoms with Gasteiger partial charge in [-0.3, -0.25) is 14.5 Å². The van der Waals surface area contributed by atoms with E-state index in [1.54, 1.807) is 6.92 Å². The Morgan fingerprint density at radius 3 is 2.45 bits per heavy atom. The van der Waals surface area contributed by atoms with Crippen LogP contribution in [0.4, 0.5) is 0 Å². The number of fused-ring (bicyclic) bond motifs is 1. The first-order valence-corrected chi connectivity index (χ1v) is 9.09. The third kappa shape index (κ3) is 3.08. The highest BCUT2D eigenvalue weighted by Crippen LogP contribution is 2.41. The molecule has 2 saturated carbocycles. The standard InChI is InChI=1S/C18H30N2O2/c1-12(21)16(13-7-4-3-5-8-13)19-18(22)17-15-10-6-9-14(15)11-20(17)2/h13-17H,3-11H2,1-2H3,(H,19,22)/t14-,15-,16+,17-/m0/s1. The van der Waals surface area contributed by atoms with Crippen LogP contribution in [0.3, 0.4) is 0 Å². The second-order valence-electron chi connectivity index (χ2n) is 7.73. The SMILES string of the molecule is CC(=O)[C@@H](NC(=O)[C@@H]1[C@H]2CCC[C@H]2CN1C)C1CCCCC1. The fraction of sp³-hybridized carbons (Fsp3) is 0.889. The third-order valence-corrected chi connectivity index (χ3v) is 6.25. The fourth-order valence-corrected chi connectivity index (χ4v) is 5.17. The van der Waals surface area contributed by atoms with Crippen molar-refractivity contribution >= 4 is 11.7 Å². The summed E-state index contributed by atoms with van der Waals surface area (Å²) in [5, 5.41) is 3.14. The number of hydrogen-bond acceptors (Lipinski definition) is 3. The van der Waals surface area contributed by atoms with Gasteiger partial charge in [0.1, 0.15) is 0 Å². The molecule has 0 radical (unpaired) electrons. The Bertz CT molecular complexity index is 431. The molecule has 1 aliphatic heterocycles. The van der Waals surface area contributed by atoms with Crippen LogP contribution in [-0.4, -0.2) is 42.3 Å². The number of carbonyl (C=O) groups is 2. The van der Waals surface area contributed by atoms with Crippen LogP contribution in [0.5, 0.6) is 0 Å². The summed E-state index contributed by atoms with van der Waals surface area (Å²) in [4.78, 5) is 27.1. The summed E-state index contributed by atoms with van der Waals surface area (Å²) in [6, 6.07) is -0.278. The zero-order chi connectivity index (χ0) is 15.7. The van der Waals surface area contributed by atoms with E-state index in [2.05, 4.69) is 17.3 Å². The van der Waals surface area contributed by atoms with Gasteiger partial charge in [0, 0.05) is 6.54 Å². The van der Waals surface area contributed by atoms with E-state index in [4.69, 9.17) is 0 Å². The lowest BCUT2D eigenvalue weighted by Gasteiger charge is -2.32. The molecule has 1 amide bonds. The summed E-state index contributed by atoms with van der Waals surface area (Å²) in [7, 11) is 2.06. The predicted molar refractivity (Wildman–Crippen MR) is 86.4 cm³/mol. The number of rotatable bonds is 4. The lowest BCUT2D eigenvalue weighted by Crippen LogP contribution is -2.52. The Morgan fingerprint density at radius 2 is 1.77 bits per heavy atom. The number of amides is 1. The Labute approximate surface area is 134 Å². The number of carbonyl (C=O) groups excluding carboxylic acids is 2. The predicted octanol–water partition coefficient (Wildman–Crippen LogP) is 2.37. The van der Waals surface area contributed by atoms with Crippen LogP contribution in [0.2, 0.25) is 0 Å². The van der Waals surface area contributed by atoms with Gasteiger partial charge in [-0.1, -0.05) is 25.7 Å². The van der Waals surface area contributed by atoms with E-state index in [0.717, 1.165) is 19.4 Å². The van der Waals surface area contributed by atoms with Crippen LogP contribution in [0, 0.1) is 17.8 Å². The first-order chi connectivity index (χ1) is 10.6. The molecule has 0 bridgehead atoms. The van der Waals surface area contributed by atoms with E-state index in [1.807, 2.05) is 0 Å². The van der Waals surface area contributed by atoms with Crippen LogP contribution >= 0.6 is 0 Å². The summed E-state index contributed by atoms with van der Waals surface area (Å²) in [5.41, 5.74) is 0. The highest BCUT2D eigenvalue weighted by atomic mass is 16.2. The minimum absolute atomic E-state index is 0.0158. The molecule has 4 nitrogen and oxygen atoms in total. The first kappa shape index (κ1) is 16.0. The number of nitrogens with zero attached hydrogens (tertiary/aromatic N) is 1. The van der Waals surface area contributed by atoms with Crippen molar-refractivity contribution < 1.29 is 9.59 Å². The van der Waals surface area contributed by atoms with Crippen molar-refractivity contribution in [3.05, 3.63) is 0 Å². The molecular weight excluding hydrogens is 276 g/mol. The zero-order valence-electron chi connectivity index (χ0n) is 14.0. The molecule has 4 heteroatoms. The maximum atomic E-state index is 12.9. The molecular formula is C18H30N2O2. The minimum atomic E-state index is -0.262. The molecule has 0 unspecified atom stereocenters. The number of likely N-dealkylation sites (N-methyl/N-ethyl adjacent to an activating group) is 1. The van der Waals surface area contributed by atoms with Gasteiger partial charge in [0.2, 0.25) is 5.91 Å². The zero-order valence-corrected chi connectivity index (χ0v) is 14.0. The summed E-state index contributed by atoms with van der Waals surface area (Å²) >= 11 is 0. The van der Waals surface area contributed by atoms with Crippen molar-refractivity contribution in [3.8, 4) is 0 Å². The average Bonchev–Trinajstić information content (AvgIpc) is 3.04. The molecule has 0 aromatic rings. The Kier molecular flexibility index (Phi) is 4.86. The van der Waals surface area contributed by atoms with Gasteiger partial charge in [0.25, 0.3) is 0 Å². The smallest absolute Gasteiger partial charge is 0.238 e. The lowest BCUT2D eigenvalue weighted by atomic mass is 9.82. The second-order valence-corrected chi connectivity index (χ2v) is 7.73. The fourth-order valence-electron chi connectivity index (χ4n) is 5.17. The van der Waals surface area contributed by atoms with Crippen LogP contribution in [0.15, 0.2) is 0 Å².